The lowest BCUT2D eigenvalue weighted by molar-refractivity contribution is -0.117. The summed E-state index contributed by atoms with van der Waals surface area (Å²) in [5.74, 6) is 0.160. The minimum Gasteiger partial charge on any atom is -0.316 e. The van der Waals surface area contributed by atoms with Crippen LogP contribution in [0.5, 0.6) is 0 Å². The van der Waals surface area contributed by atoms with Crippen LogP contribution in [0.1, 0.15) is 31.7 Å². The lowest BCUT2D eigenvalue weighted by Gasteiger charge is -2.24. The number of amidine groups is 1. The van der Waals surface area contributed by atoms with E-state index in [9.17, 15) is 13.2 Å². The highest BCUT2D eigenvalue weighted by Gasteiger charge is 2.49. The first kappa shape index (κ1) is 17.5. The molecule has 0 aliphatic carbocycles. The third kappa shape index (κ3) is 3.67. The number of unbranched alkanes of at least 4 members (excludes halogenated alkanes) is 1. The molecular formula is C17H22N2O3S2. The summed E-state index contributed by atoms with van der Waals surface area (Å²) in [4.78, 5) is 18.3. The first-order valence-electron chi connectivity index (χ1n) is 8.24. The molecule has 3 rings (SSSR count). The summed E-state index contributed by atoms with van der Waals surface area (Å²) in [5.41, 5.74) is 2.04. The van der Waals surface area contributed by atoms with E-state index >= 15 is 0 Å². The van der Waals surface area contributed by atoms with Crippen molar-refractivity contribution in [2.45, 2.75) is 44.4 Å². The maximum absolute atomic E-state index is 12.1. The maximum Gasteiger partial charge on any atom is 0.248 e. The Hall–Kier alpha value is -1.34. The monoisotopic (exact) mass is 366 g/mol. The van der Waals surface area contributed by atoms with Crippen molar-refractivity contribution in [3.63, 3.8) is 0 Å². The van der Waals surface area contributed by atoms with Crippen molar-refractivity contribution in [2.75, 3.05) is 16.4 Å². The number of nitrogens with zero attached hydrogens (tertiary/aromatic N) is 2. The van der Waals surface area contributed by atoms with Gasteiger partial charge in [-0.15, -0.1) is 0 Å². The molecule has 2 aliphatic heterocycles. The van der Waals surface area contributed by atoms with Crippen molar-refractivity contribution in [1.82, 2.24) is 0 Å². The van der Waals surface area contributed by atoms with Gasteiger partial charge in [-0.2, -0.15) is 4.99 Å². The summed E-state index contributed by atoms with van der Waals surface area (Å²) >= 11 is 1.43. The van der Waals surface area contributed by atoms with Gasteiger partial charge in [-0.1, -0.05) is 42.8 Å². The van der Waals surface area contributed by atoms with Gasteiger partial charge >= 0.3 is 0 Å². The Bertz CT molecular complexity index is 757. The number of hydrogen-bond donors (Lipinski definition) is 0. The number of aliphatic imine (C=N–C) groups is 1. The molecule has 0 saturated carbocycles. The molecule has 0 aromatic heterocycles. The molecule has 1 aromatic rings. The number of anilines is 1. The van der Waals surface area contributed by atoms with Crippen LogP contribution in [0.25, 0.3) is 0 Å². The molecule has 130 valence electrons. The second-order valence-corrected chi connectivity index (χ2v) is 9.76. The summed E-state index contributed by atoms with van der Waals surface area (Å²) in [6, 6.07) is 7.78. The average molecular weight is 367 g/mol. The fourth-order valence-electron chi connectivity index (χ4n) is 3.06. The van der Waals surface area contributed by atoms with Crippen LogP contribution >= 0.6 is 11.8 Å². The van der Waals surface area contributed by atoms with E-state index in [0.29, 0.717) is 11.6 Å². The van der Waals surface area contributed by atoms with E-state index in [1.165, 1.54) is 11.8 Å². The Morgan fingerprint density at radius 2 is 2.00 bits per heavy atom. The number of hydrogen-bond acceptors (Lipinski definition) is 4. The maximum atomic E-state index is 12.1. The van der Waals surface area contributed by atoms with Gasteiger partial charge in [-0.3, -0.25) is 4.79 Å². The van der Waals surface area contributed by atoms with Gasteiger partial charge in [0.15, 0.2) is 15.0 Å². The zero-order valence-electron chi connectivity index (χ0n) is 13.9. The highest BCUT2D eigenvalue weighted by atomic mass is 32.2. The molecule has 0 radical (unpaired) electrons. The summed E-state index contributed by atoms with van der Waals surface area (Å²) in [5, 5.41) is 0.596. The Balaban J connectivity index is 1.92. The number of aryl methyl sites for hydroxylation is 1. The second-order valence-electron chi connectivity index (χ2n) is 6.40. The number of carbonyl (C=O) groups is 1. The predicted molar refractivity (Wildman–Crippen MR) is 99.4 cm³/mol. The van der Waals surface area contributed by atoms with Gasteiger partial charge in [0.05, 0.1) is 17.5 Å². The summed E-state index contributed by atoms with van der Waals surface area (Å²) in [6.45, 7) is 4.05. The first-order valence-corrected chi connectivity index (χ1v) is 10.9. The Morgan fingerprint density at radius 3 is 2.67 bits per heavy atom. The molecule has 1 aromatic carbocycles. The van der Waals surface area contributed by atoms with Crippen molar-refractivity contribution in [3.05, 3.63) is 29.8 Å². The topological polar surface area (TPSA) is 66.8 Å². The first-order chi connectivity index (χ1) is 11.4. The van der Waals surface area contributed by atoms with Gasteiger partial charge in [0.2, 0.25) is 5.91 Å². The Morgan fingerprint density at radius 1 is 1.29 bits per heavy atom. The van der Waals surface area contributed by atoms with Crippen molar-refractivity contribution in [1.29, 1.82) is 0 Å². The number of carbonyl (C=O) groups excluding carboxylic acids is 1. The van der Waals surface area contributed by atoms with E-state index in [1.54, 1.807) is 0 Å². The van der Waals surface area contributed by atoms with E-state index in [1.807, 2.05) is 43.0 Å². The molecule has 5 nitrogen and oxygen atoms in total. The van der Waals surface area contributed by atoms with Crippen LogP contribution in [0.3, 0.4) is 0 Å². The van der Waals surface area contributed by atoms with Crippen molar-refractivity contribution < 1.29 is 13.2 Å². The molecule has 24 heavy (non-hydrogen) atoms. The van der Waals surface area contributed by atoms with Crippen molar-refractivity contribution in [3.8, 4) is 0 Å². The largest absolute Gasteiger partial charge is 0.316 e. The molecular weight excluding hydrogens is 344 g/mol. The number of rotatable bonds is 4. The van der Waals surface area contributed by atoms with Gasteiger partial charge in [0, 0.05) is 17.4 Å². The Kier molecular flexibility index (Phi) is 5.01. The summed E-state index contributed by atoms with van der Waals surface area (Å²) in [6.07, 6.45) is 2.22. The van der Waals surface area contributed by atoms with E-state index in [-0.39, 0.29) is 28.7 Å². The normalized spacial score (nSPS) is 26.8. The van der Waals surface area contributed by atoms with E-state index in [4.69, 9.17) is 0 Å². The standard InChI is InChI=1S/C17H22N2O3S2/c1-3-4-5-16(20)18-17-19(13-8-6-12(2)7-9-13)14-10-24(21,22)11-15(14)23-17/h6-9,14-15H,3-5,10-11H2,1-2H3. The minimum absolute atomic E-state index is 0.0472. The fraction of sp³-hybridized carbons (Fsp3) is 0.529. The second kappa shape index (κ2) is 6.88. The van der Waals surface area contributed by atoms with Crippen LogP contribution in [0.4, 0.5) is 5.69 Å². The minimum atomic E-state index is -3.02. The van der Waals surface area contributed by atoms with Crippen LogP contribution in [-0.2, 0) is 14.6 Å². The average Bonchev–Trinajstić information content (AvgIpc) is 2.97. The molecule has 2 unspecified atom stereocenters. The lowest BCUT2D eigenvalue weighted by Crippen LogP contribution is -2.37. The third-order valence-corrected chi connectivity index (χ3v) is 7.55. The molecule has 0 bridgehead atoms. The number of thioether (sulfide) groups is 1. The quantitative estimate of drug-likeness (QED) is 0.820. The summed E-state index contributed by atoms with van der Waals surface area (Å²) < 4.78 is 24.0. The highest BCUT2D eigenvalue weighted by Crippen LogP contribution is 2.41. The van der Waals surface area contributed by atoms with Crippen LogP contribution in [-0.4, -0.2) is 42.3 Å². The molecule has 2 fully saturated rings. The third-order valence-electron chi connectivity index (χ3n) is 4.34. The van der Waals surface area contributed by atoms with Crippen LogP contribution in [0, 0.1) is 6.92 Å². The molecule has 2 aliphatic rings. The van der Waals surface area contributed by atoms with Crippen LogP contribution in [0.2, 0.25) is 0 Å². The molecule has 0 spiro atoms. The molecule has 1 amide bonds. The predicted octanol–water partition coefficient (Wildman–Crippen LogP) is 2.79. The molecule has 2 heterocycles. The van der Waals surface area contributed by atoms with Gasteiger partial charge < -0.3 is 4.90 Å². The van der Waals surface area contributed by atoms with Crippen LogP contribution < -0.4 is 4.90 Å². The molecule has 2 atom stereocenters. The SMILES string of the molecule is CCCCC(=O)N=C1SC2CS(=O)(=O)CC2N1c1ccc(C)cc1. The number of sulfone groups is 1. The lowest BCUT2D eigenvalue weighted by atomic mass is 10.1. The van der Waals surface area contributed by atoms with Crippen molar-refractivity contribution in [2.24, 2.45) is 4.99 Å². The van der Waals surface area contributed by atoms with Gasteiger partial charge in [-0.25, -0.2) is 8.42 Å². The fourth-order valence-corrected chi connectivity index (χ4v) is 6.99. The summed E-state index contributed by atoms with van der Waals surface area (Å²) in [7, 11) is -3.02. The molecule has 0 N–H and O–H groups in total. The number of amides is 1. The zero-order valence-corrected chi connectivity index (χ0v) is 15.6. The molecule has 2 saturated heterocycles. The molecule has 7 heteroatoms. The van der Waals surface area contributed by atoms with Gasteiger partial charge in [-0.05, 0) is 25.5 Å². The van der Waals surface area contributed by atoms with Gasteiger partial charge in [0.1, 0.15) is 0 Å². The zero-order chi connectivity index (χ0) is 17.3. The Labute approximate surface area is 147 Å². The number of benzene rings is 1. The van der Waals surface area contributed by atoms with E-state index in [2.05, 4.69) is 4.99 Å². The van der Waals surface area contributed by atoms with Gasteiger partial charge in [0.25, 0.3) is 0 Å². The van der Waals surface area contributed by atoms with E-state index < -0.39 is 9.84 Å². The smallest absolute Gasteiger partial charge is 0.248 e. The van der Waals surface area contributed by atoms with E-state index in [0.717, 1.165) is 24.1 Å². The number of fused-ring (bicyclic) bond motifs is 1. The van der Waals surface area contributed by atoms with Crippen LogP contribution in [0.15, 0.2) is 29.3 Å². The highest BCUT2D eigenvalue weighted by molar-refractivity contribution is 8.16. The van der Waals surface area contributed by atoms with Crippen molar-refractivity contribution >= 4 is 38.4 Å².